The van der Waals surface area contributed by atoms with Crippen LogP contribution in [0.5, 0.6) is 0 Å². The first-order valence-electron chi connectivity index (χ1n) is 10.0. The van der Waals surface area contributed by atoms with Crippen molar-refractivity contribution in [2.45, 2.75) is 19.4 Å². The molecule has 4 heterocycles. The molecule has 8 nitrogen and oxygen atoms in total. The summed E-state index contributed by atoms with van der Waals surface area (Å²) in [6.45, 7) is 3.45. The quantitative estimate of drug-likeness (QED) is 0.455. The summed E-state index contributed by atoms with van der Waals surface area (Å²) in [5, 5.41) is 15.6. The molecule has 0 radical (unpaired) electrons. The predicted molar refractivity (Wildman–Crippen MR) is 124 cm³/mol. The molecule has 5 rings (SSSR count). The molecule has 0 atom stereocenters. The number of imidazole rings is 1. The Bertz CT molecular complexity index is 1570. The van der Waals surface area contributed by atoms with Crippen LogP contribution < -0.4 is 5.69 Å². The SMILES string of the molecule is Cn1cc(-n2c(=O)n(C)c3cnc4ccc(-c5cncc(C(C)(C)O)c5)cc4c32)c(Cl)n1. The minimum atomic E-state index is -1.01. The maximum Gasteiger partial charge on any atom is 0.333 e. The van der Waals surface area contributed by atoms with Gasteiger partial charge in [-0.1, -0.05) is 17.7 Å². The van der Waals surface area contributed by atoms with Gasteiger partial charge < -0.3 is 5.11 Å². The summed E-state index contributed by atoms with van der Waals surface area (Å²) in [5.41, 5.74) is 3.85. The molecule has 0 amide bonds. The number of benzene rings is 1. The molecular formula is C23H21ClN6O2. The van der Waals surface area contributed by atoms with Gasteiger partial charge in [-0.25, -0.2) is 4.79 Å². The minimum absolute atomic E-state index is 0.236. The van der Waals surface area contributed by atoms with Gasteiger partial charge in [0.2, 0.25) is 0 Å². The van der Waals surface area contributed by atoms with E-state index in [0.717, 1.165) is 22.0 Å². The summed E-state index contributed by atoms with van der Waals surface area (Å²) in [5.74, 6) is 0. The number of rotatable bonds is 3. The van der Waals surface area contributed by atoms with Crippen molar-refractivity contribution < 1.29 is 5.11 Å². The van der Waals surface area contributed by atoms with Crippen molar-refractivity contribution in [2.24, 2.45) is 14.1 Å². The summed E-state index contributed by atoms with van der Waals surface area (Å²) >= 11 is 6.35. The zero-order valence-electron chi connectivity index (χ0n) is 18.0. The Hall–Kier alpha value is -3.49. The smallest absolute Gasteiger partial charge is 0.333 e. The highest BCUT2D eigenvalue weighted by atomic mass is 35.5. The van der Waals surface area contributed by atoms with Crippen molar-refractivity contribution in [1.82, 2.24) is 28.9 Å². The topological polar surface area (TPSA) is 90.8 Å². The highest BCUT2D eigenvalue weighted by molar-refractivity contribution is 6.31. The van der Waals surface area contributed by atoms with Crippen LogP contribution in [0.3, 0.4) is 0 Å². The molecule has 0 saturated carbocycles. The number of nitrogens with zero attached hydrogens (tertiary/aromatic N) is 6. The fourth-order valence-electron chi connectivity index (χ4n) is 3.93. The lowest BCUT2D eigenvalue weighted by Gasteiger charge is -2.18. The number of hydrogen-bond donors (Lipinski definition) is 1. The Morgan fingerprint density at radius 3 is 2.53 bits per heavy atom. The van der Waals surface area contributed by atoms with Gasteiger partial charge in [0.25, 0.3) is 0 Å². The largest absolute Gasteiger partial charge is 0.386 e. The van der Waals surface area contributed by atoms with E-state index in [1.807, 2.05) is 24.3 Å². The highest BCUT2D eigenvalue weighted by Gasteiger charge is 2.21. The zero-order valence-corrected chi connectivity index (χ0v) is 18.8. The van der Waals surface area contributed by atoms with Gasteiger partial charge in [-0.2, -0.15) is 5.10 Å². The third kappa shape index (κ3) is 3.11. The van der Waals surface area contributed by atoms with E-state index >= 15 is 0 Å². The first-order valence-corrected chi connectivity index (χ1v) is 10.4. The van der Waals surface area contributed by atoms with Crippen LogP contribution in [-0.4, -0.2) is 34.0 Å². The fraction of sp³-hybridized carbons (Fsp3) is 0.217. The van der Waals surface area contributed by atoms with E-state index in [1.54, 1.807) is 66.5 Å². The number of fused-ring (bicyclic) bond motifs is 3. The maximum absolute atomic E-state index is 13.2. The van der Waals surface area contributed by atoms with E-state index in [0.29, 0.717) is 22.3 Å². The molecule has 0 spiro atoms. The van der Waals surface area contributed by atoms with Crippen molar-refractivity contribution in [3.63, 3.8) is 0 Å². The van der Waals surface area contributed by atoms with E-state index in [9.17, 15) is 9.90 Å². The van der Waals surface area contributed by atoms with Gasteiger partial charge in [-0.15, -0.1) is 0 Å². The number of aliphatic hydroxyl groups is 1. The molecule has 0 aliphatic heterocycles. The summed E-state index contributed by atoms with van der Waals surface area (Å²) in [4.78, 5) is 22.0. The van der Waals surface area contributed by atoms with E-state index in [1.165, 1.54) is 0 Å². The Balaban J connectivity index is 1.84. The Kier molecular flexibility index (Phi) is 4.47. The number of halogens is 1. The molecule has 0 aliphatic carbocycles. The standard InChI is InChI=1S/C23H21ClN6O2/c1-23(2,32)15-7-14(9-25-10-15)13-5-6-17-16(8-13)20-18(11-26-17)29(4)22(31)30(20)19-12-28(3)27-21(19)24/h5-12,32H,1-4H3. The van der Waals surface area contributed by atoms with Crippen LogP contribution in [0.25, 0.3) is 38.8 Å². The number of hydrogen-bond acceptors (Lipinski definition) is 5. The van der Waals surface area contributed by atoms with Crippen LogP contribution in [0.2, 0.25) is 5.15 Å². The van der Waals surface area contributed by atoms with Gasteiger partial charge in [0.1, 0.15) is 5.69 Å². The van der Waals surface area contributed by atoms with Gasteiger partial charge in [0.05, 0.1) is 34.5 Å². The summed E-state index contributed by atoms with van der Waals surface area (Å²) in [6.07, 6.45) is 6.82. The maximum atomic E-state index is 13.2. The molecule has 162 valence electrons. The Morgan fingerprint density at radius 2 is 1.84 bits per heavy atom. The summed E-state index contributed by atoms with van der Waals surface area (Å²) in [7, 11) is 3.46. The molecule has 4 aromatic heterocycles. The zero-order chi connectivity index (χ0) is 22.8. The number of aromatic nitrogens is 6. The molecule has 9 heteroatoms. The second-order valence-corrected chi connectivity index (χ2v) is 8.76. The number of aryl methyl sites for hydroxylation is 2. The fourth-order valence-corrected chi connectivity index (χ4v) is 4.18. The molecule has 0 aliphatic rings. The lowest BCUT2D eigenvalue weighted by Crippen LogP contribution is -2.20. The number of pyridine rings is 2. The first kappa shape index (κ1) is 20.4. The molecule has 0 saturated heterocycles. The first-order chi connectivity index (χ1) is 15.1. The normalized spacial score (nSPS) is 12.2. The molecule has 0 bridgehead atoms. The lowest BCUT2D eigenvalue weighted by atomic mass is 9.96. The molecule has 5 aromatic rings. The van der Waals surface area contributed by atoms with Gasteiger partial charge >= 0.3 is 5.69 Å². The van der Waals surface area contributed by atoms with Crippen LogP contribution >= 0.6 is 11.6 Å². The van der Waals surface area contributed by atoms with Gasteiger partial charge in [0, 0.05) is 43.0 Å². The van der Waals surface area contributed by atoms with Crippen molar-refractivity contribution in [3.8, 4) is 16.8 Å². The van der Waals surface area contributed by atoms with Crippen molar-refractivity contribution in [1.29, 1.82) is 0 Å². The van der Waals surface area contributed by atoms with Crippen molar-refractivity contribution in [2.75, 3.05) is 0 Å². The van der Waals surface area contributed by atoms with E-state index in [2.05, 4.69) is 15.1 Å². The second kappa shape index (κ2) is 7.01. The third-order valence-corrected chi connectivity index (χ3v) is 5.94. The monoisotopic (exact) mass is 448 g/mol. The Labute approximate surface area is 188 Å². The van der Waals surface area contributed by atoms with Crippen molar-refractivity contribution >= 4 is 33.5 Å². The molecule has 0 fully saturated rings. The van der Waals surface area contributed by atoms with Gasteiger partial charge in [0.15, 0.2) is 5.15 Å². The van der Waals surface area contributed by atoms with Crippen LogP contribution in [0.1, 0.15) is 19.4 Å². The van der Waals surface area contributed by atoms with E-state index in [4.69, 9.17) is 11.6 Å². The van der Waals surface area contributed by atoms with Crippen LogP contribution in [-0.2, 0) is 19.7 Å². The minimum Gasteiger partial charge on any atom is -0.386 e. The van der Waals surface area contributed by atoms with Gasteiger partial charge in [-0.05, 0) is 37.6 Å². The molecule has 1 aromatic carbocycles. The summed E-state index contributed by atoms with van der Waals surface area (Å²) in [6, 6.07) is 7.76. The predicted octanol–water partition coefficient (Wildman–Crippen LogP) is 3.55. The molecule has 32 heavy (non-hydrogen) atoms. The van der Waals surface area contributed by atoms with Gasteiger partial charge in [-0.3, -0.25) is 23.8 Å². The average Bonchev–Trinajstić information content (AvgIpc) is 3.22. The molecular weight excluding hydrogens is 428 g/mol. The average molecular weight is 449 g/mol. The Morgan fingerprint density at radius 1 is 1.06 bits per heavy atom. The lowest BCUT2D eigenvalue weighted by molar-refractivity contribution is 0.0783. The van der Waals surface area contributed by atoms with Crippen LogP contribution in [0.15, 0.2) is 53.8 Å². The second-order valence-electron chi connectivity index (χ2n) is 8.40. The van der Waals surface area contributed by atoms with E-state index in [-0.39, 0.29) is 10.8 Å². The third-order valence-electron chi connectivity index (χ3n) is 5.67. The highest BCUT2D eigenvalue weighted by Crippen LogP contribution is 2.32. The summed E-state index contributed by atoms with van der Waals surface area (Å²) < 4.78 is 4.70. The van der Waals surface area contributed by atoms with Crippen LogP contribution in [0, 0.1) is 0 Å². The molecule has 0 unspecified atom stereocenters. The van der Waals surface area contributed by atoms with Crippen molar-refractivity contribution in [3.05, 3.63) is 70.3 Å². The molecule has 1 N–H and O–H groups in total. The van der Waals surface area contributed by atoms with E-state index < -0.39 is 5.60 Å². The van der Waals surface area contributed by atoms with Crippen LogP contribution in [0.4, 0.5) is 0 Å².